The van der Waals surface area contributed by atoms with Crippen molar-refractivity contribution in [2.75, 3.05) is 10.6 Å². The maximum atomic E-state index is 13.1. The number of nitrogens with zero attached hydrogens (tertiary/aromatic N) is 2. The lowest BCUT2D eigenvalue weighted by atomic mass is 10.2. The molecule has 28 heavy (non-hydrogen) atoms. The molecule has 0 atom stereocenters. The minimum absolute atomic E-state index is 0.00254. The van der Waals surface area contributed by atoms with Crippen LogP contribution in [0.5, 0.6) is 0 Å². The summed E-state index contributed by atoms with van der Waals surface area (Å²) in [4.78, 5) is 23.2. The quantitative estimate of drug-likeness (QED) is 0.734. The van der Waals surface area contributed by atoms with Crippen molar-refractivity contribution in [2.45, 2.75) is 44.8 Å². The second kappa shape index (κ2) is 7.83. The second-order valence-electron chi connectivity index (χ2n) is 6.60. The summed E-state index contributed by atoms with van der Waals surface area (Å²) >= 11 is 5.91. The minimum atomic E-state index is -4.64. The number of hydrogen-bond donors (Lipinski definition) is 2. The molecule has 1 heterocycles. The van der Waals surface area contributed by atoms with Crippen molar-refractivity contribution < 1.29 is 22.8 Å². The van der Waals surface area contributed by atoms with Crippen LogP contribution in [-0.4, -0.2) is 21.6 Å². The summed E-state index contributed by atoms with van der Waals surface area (Å²) in [5.74, 6) is -0.617. The van der Waals surface area contributed by atoms with Crippen molar-refractivity contribution in [3.05, 3.63) is 40.7 Å². The van der Waals surface area contributed by atoms with Gasteiger partial charge in [-0.15, -0.1) is 0 Å². The van der Waals surface area contributed by atoms with Gasteiger partial charge < -0.3 is 10.6 Å². The van der Waals surface area contributed by atoms with E-state index in [2.05, 4.69) is 15.7 Å². The van der Waals surface area contributed by atoms with Crippen LogP contribution in [0.3, 0.4) is 0 Å². The molecule has 1 aromatic heterocycles. The van der Waals surface area contributed by atoms with Gasteiger partial charge in [0.2, 0.25) is 11.8 Å². The number of nitrogens with one attached hydrogen (secondary N) is 2. The Labute approximate surface area is 164 Å². The molecule has 1 aliphatic carbocycles. The number of halogens is 4. The first kappa shape index (κ1) is 20.2. The predicted octanol–water partition coefficient (Wildman–Crippen LogP) is 4.42. The van der Waals surface area contributed by atoms with Crippen LogP contribution < -0.4 is 10.6 Å². The van der Waals surface area contributed by atoms with Crippen LogP contribution in [0.25, 0.3) is 0 Å². The van der Waals surface area contributed by atoms with E-state index < -0.39 is 11.9 Å². The van der Waals surface area contributed by atoms with E-state index in [1.165, 1.54) is 11.6 Å². The third-order valence-electron chi connectivity index (χ3n) is 4.20. The van der Waals surface area contributed by atoms with Crippen LogP contribution in [0.1, 0.15) is 43.5 Å². The van der Waals surface area contributed by atoms with Crippen LogP contribution >= 0.6 is 11.6 Å². The van der Waals surface area contributed by atoms with Crippen LogP contribution in [-0.2, 0) is 22.3 Å². The molecule has 1 fully saturated rings. The maximum absolute atomic E-state index is 13.1. The van der Waals surface area contributed by atoms with Gasteiger partial charge in [-0.25, -0.2) is 0 Å². The lowest BCUT2D eigenvalue weighted by Crippen LogP contribution is -2.16. The Kier molecular flexibility index (Phi) is 5.64. The third kappa shape index (κ3) is 4.83. The fraction of sp³-hybridized carbons (Fsp3) is 0.389. The van der Waals surface area contributed by atoms with Gasteiger partial charge in [0.15, 0.2) is 5.69 Å². The zero-order valence-electron chi connectivity index (χ0n) is 14.9. The van der Waals surface area contributed by atoms with Crippen molar-refractivity contribution in [3.63, 3.8) is 0 Å². The molecule has 2 aromatic rings. The number of benzene rings is 1. The number of alkyl halides is 3. The SMILES string of the molecule is CC(=O)Nc1ccc(NC(=O)CCn2nc(C(F)(F)F)c(Cl)c2C2CC2)cc1. The standard InChI is InChI=1S/C18H18ClF3N4O2/c1-10(27)23-12-4-6-13(7-5-12)24-14(28)8-9-26-16(11-2-3-11)15(19)17(25-26)18(20,21)22/h4-7,11H,2-3,8-9H2,1H3,(H,23,27)(H,24,28). The molecule has 1 aromatic carbocycles. The van der Waals surface area contributed by atoms with E-state index in [0.29, 0.717) is 17.1 Å². The molecule has 2 amide bonds. The number of carbonyl (C=O) groups is 2. The highest BCUT2D eigenvalue weighted by atomic mass is 35.5. The zero-order chi connectivity index (χ0) is 20.5. The van der Waals surface area contributed by atoms with Gasteiger partial charge in [0.25, 0.3) is 0 Å². The lowest BCUT2D eigenvalue weighted by molar-refractivity contribution is -0.141. The summed E-state index contributed by atoms with van der Waals surface area (Å²) < 4.78 is 40.4. The highest BCUT2D eigenvalue weighted by Gasteiger charge is 2.41. The second-order valence-corrected chi connectivity index (χ2v) is 6.98. The number of rotatable bonds is 6. The van der Waals surface area contributed by atoms with Crippen LogP contribution in [0.2, 0.25) is 5.02 Å². The summed E-state index contributed by atoms with van der Waals surface area (Å²) in [7, 11) is 0. The lowest BCUT2D eigenvalue weighted by Gasteiger charge is -2.09. The van der Waals surface area contributed by atoms with Gasteiger partial charge in [-0.2, -0.15) is 18.3 Å². The summed E-state index contributed by atoms with van der Waals surface area (Å²) in [6.07, 6.45) is -3.17. The molecular weight excluding hydrogens is 397 g/mol. The maximum Gasteiger partial charge on any atom is 0.436 e. The number of aromatic nitrogens is 2. The number of carbonyl (C=O) groups excluding carboxylic acids is 2. The summed E-state index contributed by atoms with van der Waals surface area (Å²) in [5.41, 5.74) is 0.341. The molecule has 0 spiro atoms. The van der Waals surface area contributed by atoms with Crippen molar-refractivity contribution in [1.29, 1.82) is 0 Å². The Bertz CT molecular complexity index is 889. The molecule has 2 N–H and O–H groups in total. The Morgan fingerprint density at radius 2 is 1.75 bits per heavy atom. The van der Waals surface area contributed by atoms with Crippen LogP contribution in [0.4, 0.5) is 24.5 Å². The average molecular weight is 415 g/mol. The van der Waals surface area contributed by atoms with E-state index in [-0.39, 0.29) is 35.7 Å². The molecule has 0 bridgehead atoms. The van der Waals surface area contributed by atoms with Crippen molar-refractivity contribution in [3.8, 4) is 0 Å². The molecular formula is C18H18ClF3N4O2. The molecule has 150 valence electrons. The van der Waals surface area contributed by atoms with E-state index in [4.69, 9.17) is 11.6 Å². The number of amides is 2. The van der Waals surface area contributed by atoms with E-state index in [9.17, 15) is 22.8 Å². The topological polar surface area (TPSA) is 76.0 Å². The summed E-state index contributed by atoms with van der Waals surface area (Å²) in [6.45, 7) is 1.38. The summed E-state index contributed by atoms with van der Waals surface area (Å²) in [5, 5.41) is 8.50. The van der Waals surface area contributed by atoms with Crippen LogP contribution in [0.15, 0.2) is 24.3 Å². The molecule has 0 radical (unpaired) electrons. The first-order valence-corrected chi connectivity index (χ1v) is 9.04. The van der Waals surface area contributed by atoms with Gasteiger partial charge in [-0.3, -0.25) is 14.3 Å². The van der Waals surface area contributed by atoms with E-state index in [0.717, 1.165) is 12.8 Å². The largest absolute Gasteiger partial charge is 0.436 e. The first-order chi connectivity index (χ1) is 13.1. The number of hydrogen-bond acceptors (Lipinski definition) is 3. The minimum Gasteiger partial charge on any atom is -0.326 e. The van der Waals surface area contributed by atoms with Gasteiger partial charge >= 0.3 is 6.18 Å². The van der Waals surface area contributed by atoms with Crippen LogP contribution in [0, 0.1) is 0 Å². The molecule has 10 heteroatoms. The number of anilines is 2. The van der Waals surface area contributed by atoms with Gasteiger partial charge in [0, 0.05) is 30.6 Å². The fourth-order valence-corrected chi connectivity index (χ4v) is 3.22. The van der Waals surface area contributed by atoms with Gasteiger partial charge in [-0.1, -0.05) is 11.6 Å². The number of aryl methyl sites for hydroxylation is 1. The highest BCUT2D eigenvalue weighted by Crippen LogP contribution is 2.46. The molecule has 6 nitrogen and oxygen atoms in total. The van der Waals surface area contributed by atoms with Crippen molar-refractivity contribution in [1.82, 2.24) is 9.78 Å². The Morgan fingerprint density at radius 3 is 2.25 bits per heavy atom. The van der Waals surface area contributed by atoms with Gasteiger partial charge in [0.05, 0.1) is 17.3 Å². The predicted molar refractivity (Wildman–Crippen MR) is 98.2 cm³/mol. The molecule has 1 aliphatic rings. The molecule has 1 saturated carbocycles. The third-order valence-corrected chi connectivity index (χ3v) is 4.58. The van der Waals surface area contributed by atoms with Crippen molar-refractivity contribution in [2.24, 2.45) is 0 Å². The molecule has 0 aliphatic heterocycles. The van der Waals surface area contributed by atoms with E-state index in [1.54, 1.807) is 24.3 Å². The Morgan fingerprint density at radius 1 is 1.18 bits per heavy atom. The van der Waals surface area contributed by atoms with E-state index >= 15 is 0 Å². The van der Waals surface area contributed by atoms with Crippen molar-refractivity contribution >= 4 is 34.8 Å². The smallest absolute Gasteiger partial charge is 0.326 e. The highest BCUT2D eigenvalue weighted by molar-refractivity contribution is 6.32. The van der Waals surface area contributed by atoms with Gasteiger partial charge in [0.1, 0.15) is 0 Å². The van der Waals surface area contributed by atoms with Gasteiger partial charge in [-0.05, 0) is 37.1 Å². The normalized spacial score (nSPS) is 14.0. The molecule has 0 unspecified atom stereocenters. The Hall–Kier alpha value is -2.55. The fourth-order valence-electron chi connectivity index (χ4n) is 2.82. The first-order valence-electron chi connectivity index (χ1n) is 8.66. The van der Waals surface area contributed by atoms with E-state index in [1.807, 2.05) is 0 Å². The molecule has 0 saturated heterocycles. The Balaban J connectivity index is 1.64. The molecule has 3 rings (SSSR count). The monoisotopic (exact) mass is 414 g/mol. The summed E-state index contributed by atoms with van der Waals surface area (Å²) in [6, 6.07) is 6.49. The zero-order valence-corrected chi connectivity index (χ0v) is 15.7. The average Bonchev–Trinajstić information content (AvgIpc) is 3.36.